The first-order valence-corrected chi connectivity index (χ1v) is 6.12. The number of hydrogen-bond donors (Lipinski definition) is 2. The lowest BCUT2D eigenvalue weighted by Gasteiger charge is -2.10. The van der Waals surface area contributed by atoms with Crippen LogP contribution in [0.4, 0.5) is 0 Å². The quantitative estimate of drug-likeness (QED) is 0.496. The topological polar surface area (TPSA) is 68.2 Å². The molecule has 104 valence electrons. The maximum Gasteiger partial charge on any atom is 0.0774 e. The minimum absolute atomic E-state index is 0.378. The van der Waals surface area contributed by atoms with Gasteiger partial charge in [0.05, 0.1) is 25.4 Å². The summed E-state index contributed by atoms with van der Waals surface area (Å²) in [5.41, 5.74) is 0. The number of aliphatic hydroxyl groups is 2. The van der Waals surface area contributed by atoms with E-state index >= 15 is 0 Å². The maximum atomic E-state index is 9.36. The van der Waals surface area contributed by atoms with Gasteiger partial charge in [-0.1, -0.05) is 0 Å². The molecule has 0 saturated carbocycles. The van der Waals surface area contributed by atoms with Crippen LogP contribution in [0.25, 0.3) is 0 Å². The second kappa shape index (κ2) is 12.3. The van der Waals surface area contributed by atoms with E-state index in [1.807, 2.05) is 0 Å². The molecule has 0 radical (unpaired) electrons. The lowest BCUT2D eigenvalue weighted by atomic mass is 10.2. The molecule has 0 aromatic heterocycles. The van der Waals surface area contributed by atoms with Gasteiger partial charge in [0.1, 0.15) is 0 Å². The highest BCUT2D eigenvalue weighted by molar-refractivity contribution is 4.54. The molecule has 0 bridgehead atoms. The van der Waals surface area contributed by atoms with Crippen LogP contribution in [-0.2, 0) is 14.2 Å². The second-order valence-electron chi connectivity index (χ2n) is 4.12. The second-order valence-corrected chi connectivity index (χ2v) is 4.12. The standard InChI is InChI=1S/C12H26O5/c1-15-9-11(13)5-3-7-17-8-4-6-12(14)10-16-2/h11-14H,3-10H2,1-2H3. The smallest absolute Gasteiger partial charge is 0.0774 e. The first kappa shape index (κ1) is 16.8. The Hall–Kier alpha value is -0.200. The summed E-state index contributed by atoms with van der Waals surface area (Å²) in [6, 6.07) is 0. The third-order valence-corrected chi connectivity index (χ3v) is 2.37. The van der Waals surface area contributed by atoms with Gasteiger partial charge < -0.3 is 24.4 Å². The van der Waals surface area contributed by atoms with Crippen molar-refractivity contribution in [2.45, 2.75) is 37.9 Å². The molecule has 0 aromatic rings. The number of aliphatic hydroxyl groups excluding tert-OH is 2. The van der Waals surface area contributed by atoms with Crippen LogP contribution < -0.4 is 0 Å². The van der Waals surface area contributed by atoms with Gasteiger partial charge in [-0.25, -0.2) is 0 Å². The summed E-state index contributed by atoms with van der Waals surface area (Å²) in [6.07, 6.45) is 2.25. The highest BCUT2D eigenvalue weighted by Crippen LogP contribution is 2.01. The minimum Gasteiger partial charge on any atom is -0.391 e. The lowest BCUT2D eigenvalue weighted by Crippen LogP contribution is -2.15. The molecule has 0 aromatic carbocycles. The van der Waals surface area contributed by atoms with E-state index in [1.54, 1.807) is 14.2 Å². The van der Waals surface area contributed by atoms with Gasteiger partial charge in [-0.15, -0.1) is 0 Å². The van der Waals surface area contributed by atoms with Gasteiger partial charge in [0, 0.05) is 27.4 Å². The van der Waals surface area contributed by atoms with Crippen LogP contribution in [-0.4, -0.2) is 63.1 Å². The molecule has 2 atom stereocenters. The molecule has 0 heterocycles. The highest BCUT2D eigenvalue weighted by Gasteiger charge is 2.04. The third kappa shape index (κ3) is 12.1. The van der Waals surface area contributed by atoms with E-state index in [1.165, 1.54) is 0 Å². The third-order valence-electron chi connectivity index (χ3n) is 2.37. The summed E-state index contributed by atoms with van der Waals surface area (Å²) in [6.45, 7) is 2.04. The first-order chi connectivity index (χ1) is 8.20. The van der Waals surface area contributed by atoms with Crippen molar-refractivity contribution in [1.29, 1.82) is 0 Å². The van der Waals surface area contributed by atoms with E-state index in [0.717, 1.165) is 12.8 Å². The molecule has 17 heavy (non-hydrogen) atoms. The fourth-order valence-corrected chi connectivity index (χ4v) is 1.50. The summed E-state index contributed by atoms with van der Waals surface area (Å²) < 4.78 is 15.0. The van der Waals surface area contributed by atoms with Crippen LogP contribution in [0.1, 0.15) is 25.7 Å². The summed E-state index contributed by atoms with van der Waals surface area (Å²) in [7, 11) is 3.15. The first-order valence-electron chi connectivity index (χ1n) is 6.12. The van der Waals surface area contributed by atoms with Crippen molar-refractivity contribution in [2.75, 3.05) is 40.6 Å². The molecule has 5 nitrogen and oxygen atoms in total. The van der Waals surface area contributed by atoms with Crippen molar-refractivity contribution >= 4 is 0 Å². The van der Waals surface area contributed by atoms with Crippen molar-refractivity contribution in [3.63, 3.8) is 0 Å². The molecule has 0 fully saturated rings. The van der Waals surface area contributed by atoms with Gasteiger partial charge in [-0.3, -0.25) is 0 Å². The van der Waals surface area contributed by atoms with E-state index in [-0.39, 0.29) is 0 Å². The van der Waals surface area contributed by atoms with Gasteiger partial charge >= 0.3 is 0 Å². The summed E-state index contributed by atoms with van der Waals surface area (Å²) >= 11 is 0. The predicted molar refractivity (Wildman–Crippen MR) is 65.1 cm³/mol. The number of hydrogen-bond acceptors (Lipinski definition) is 5. The Balaban J connectivity index is 3.13. The summed E-state index contributed by atoms with van der Waals surface area (Å²) in [4.78, 5) is 0. The molecule has 5 heteroatoms. The van der Waals surface area contributed by atoms with E-state index in [9.17, 15) is 10.2 Å². The molecule has 0 aliphatic rings. The number of rotatable bonds is 12. The largest absolute Gasteiger partial charge is 0.391 e. The van der Waals surface area contributed by atoms with Crippen LogP contribution >= 0.6 is 0 Å². The average molecular weight is 250 g/mol. The Bertz CT molecular complexity index is 138. The van der Waals surface area contributed by atoms with Gasteiger partial charge in [0.25, 0.3) is 0 Å². The zero-order chi connectivity index (χ0) is 12.9. The van der Waals surface area contributed by atoms with Crippen LogP contribution in [0.5, 0.6) is 0 Å². The van der Waals surface area contributed by atoms with E-state index in [4.69, 9.17) is 14.2 Å². The Labute approximate surface area is 104 Å². The van der Waals surface area contributed by atoms with Crippen LogP contribution in [0.3, 0.4) is 0 Å². The normalized spacial score (nSPS) is 14.8. The minimum atomic E-state index is -0.396. The van der Waals surface area contributed by atoms with E-state index in [0.29, 0.717) is 39.3 Å². The zero-order valence-electron chi connectivity index (χ0n) is 10.9. The van der Waals surface area contributed by atoms with Crippen LogP contribution in [0.15, 0.2) is 0 Å². The van der Waals surface area contributed by atoms with Gasteiger partial charge in [0.2, 0.25) is 0 Å². The van der Waals surface area contributed by atoms with Crippen LogP contribution in [0.2, 0.25) is 0 Å². The molecule has 0 aliphatic carbocycles. The molecule has 0 aliphatic heterocycles. The molecular formula is C12H26O5. The predicted octanol–water partition coefficient (Wildman–Crippen LogP) is 0.578. The zero-order valence-corrected chi connectivity index (χ0v) is 10.9. The van der Waals surface area contributed by atoms with Crippen molar-refractivity contribution in [3.8, 4) is 0 Å². The van der Waals surface area contributed by atoms with Crippen LogP contribution in [0, 0.1) is 0 Å². The Morgan fingerprint density at radius 2 is 1.24 bits per heavy atom. The molecular weight excluding hydrogens is 224 g/mol. The number of ether oxygens (including phenoxy) is 3. The van der Waals surface area contributed by atoms with E-state index in [2.05, 4.69) is 0 Å². The van der Waals surface area contributed by atoms with Crippen molar-refractivity contribution in [1.82, 2.24) is 0 Å². The molecule has 0 rings (SSSR count). The van der Waals surface area contributed by atoms with Crippen molar-refractivity contribution < 1.29 is 24.4 Å². The molecule has 0 amide bonds. The highest BCUT2D eigenvalue weighted by atomic mass is 16.5. The molecule has 0 spiro atoms. The van der Waals surface area contributed by atoms with Crippen molar-refractivity contribution in [2.24, 2.45) is 0 Å². The van der Waals surface area contributed by atoms with Gasteiger partial charge in [-0.2, -0.15) is 0 Å². The summed E-state index contributed by atoms with van der Waals surface area (Å²) in [5.74, 6) is 0. The Morgan fingerprint density at radius 3 is 1.59 bits per heavy atom. The van der Waals surface area contributed by atoms with Crippen molar-refractivity contribution in [3.05, 3.63) is 0 Å². The lowest BCUT2D eigenvalue weighted by molar-refractivity contribution is 0.0399. The Morgan fingerprint density at radius 1 is 0.824 bits per heavy atom. The van der Waals surface area contributed by atoms with E-state index < -0.39 is 12.2 Å². The maximum absolute atomic E-state index is 9.36. The van der Waals surface area contributed by atoms with Gasteiger partial charge in [-0.05, 0) is 25.7 Å². The molecule has 2 unspecified atom stereocenters. The molecule has 0 saturated heterocycles. The average Bonchev–Trinajstić information content (AvgIpc) is 2.28. The van der Waals surface area contributed by atoms with Gasteiger partial charge in [0.15, 0.2) is 0 Å². The monoisotopic (exact) mass is 250 g/mol. The SMILES string of the molecule is COCC(O)CCCOCCCC(O)COC. The number of methoxy groups -OCH3 is 2. The fourth-order valence-electron chi connectivity index (χ4n) is 1.50. The fraction of sp³-hybridized carbons (Fsp3) is 1.00. The molecule has 2 N–H and O–H groups in total. The summed E-state index contributed by atoms with van der Waals surface area (Å²) in [5, 5.41) is 18.7. The Kier molecular flexibility index (Phi) is 12.1.